The molecule has 1 saturated carbocycles. The predicted molar refractivity (Wildman–Crippen MR) is 167 cm³/mol. The Morgan fingerprint density at radius 3 is 2.24 bits per heavy atom. The van der Waals surface area contributed by atoms with E-state index in [0.29, 0.717) is 6.54 Å². The number of hydrogen-bond donors (Lipinski definition) is 1. The van der Waals surface area contributed by atoms with E-state index in [-0.39, 0.29) is 29.8 Å². The molecular weight excluding hydrogens is 508 g/mol. The number of benzene rings is 3. The SMILES string of the molecule is CC(NC(=O)[C@H]1CCCC[C@@H]1c1ccc(CN(C(=O)N2CCCC2)c2ccccc2)cc1)c1cccc(N(C)C)c1. The van der Waals surface area contributed by atoms with Gasteiger partial charge in [-0.3, -0.25) is 9.69 Å². The molecule has 6 nitrogen and oxygen atoms in total. The molecule has 6 heteroatoms. The first-order valence-electron chi connectivity index (χ1n) is 15.2. The summed E-state index contributed by atoms with van der Waals surface area (Å²) in [6.07, 6.45) is 6.30. The van der Waals surface area contributed by atoms with Gasteiger partial charge in [0.05, 0.1) is 12.6 Å². The molecule has 2 aliphatic rings. The Labute approximate surface area is 245 Å². The van der Waals surface area contributed by atoms with Gasteiger partial charge < -0.3 is 15.1 Å². The molecule has 1 aliphatic carbocycles. The van der Waals surface area contributed by atoms with E-state index >= 15 is 0 Å². The first-order valence-corrected chi connectivity index (χ1v) is 15.2. The molecule has 3 aromatic carbocycles. The van der Waals surface area contributed by atoms with Gasteiger partial charge in [-0.05, 0) is 79.5 Å². The fourth-order valence-electron chi connectivity index (χ4n) is 6.33. The van der Waals surface area contributed by atoms with Crippen molar-refractivity contribution in [3.63, 3.8) is 0 Å². The summed E-state index contributed by atoms with van der Waals surface area (Å²) >= 11 is 0. The van der Waals surface area contributed by atoms with Crippen LogP contribution in [0.3, 0.4) is 0 Å². The molecule has 3 aromatic rings. The maximum absolute atomic E-state index is 13.6. The maximum atomic E-state index is 13.6. The fourth-order valence-corrected chi connectivity index (χ4v) is 6.33. The summed E-state index contributed by atoms with van der Waals surface area (Å²) in [5.74, 6) is 0.314. The lowest BCUT2D eigenvalue weighted by Gasteiger charge is -2.32. The lowest BCUT2D eigenvalue weighted by atomic mass is 9.74. The van der Waals surface area contributed by atoms with E-state index in [4.69, 9.17) is 0 Å². The zero-order valence-corrected chi connectivity index (χ0v) is 24.8. The van der Waals surface area contributed by atoms with Crippen LogP contribution >= 0.6 is 0 Å². The van der Waals surface area contributed by atoms with Crippen molar-refractivity contribution in [3.05, 3.63) is 95.6 Å². The van der Waals surface area contributed by atoms with Crippen molar-refractivity contribution in [1.82, 2.24) is 10.2 Å². The van der Waals surface area contributed by atoms with Gasteiger partial charge in [-0.25, -0.2) is 4.79 Å². The highest BCUT2D eigenvalue weighted by atomic mass is 16.2. The summed E-state index contributed by atoms with van der Waals surface area (Å²) in [6.45, 7) is 4.25. The van der Waals surface area contributed by atoms with Gasteiger partial charge in [0.1, 0.15) is 0 Å². The highest BCUT2D eigenvalue weighted by molar-refractivity contribution is 5.92. The Bertz CT molecular complexity index is 1300. The number of rotatable bonds is 8. The second-order valence-corrected chi connectivity index (χ2v) is 11.9. The van der Waals surface area contributed by atoms with E-state index in [0.717, 1.165) is 74.1 Å². The summed E-state index contributed by atoms with van der Waals surface area (Å²) < 4.78 is 0. The third-order valence-corrected chi connectivity index (χ3v) is 8.77. The molecule has 1 unspecified atom stereocenters. The van der Waals surface area contributed by atoms with Crippen molar-refractivity contribution in [2.75, 3.05) is 37.0 Å². The summed E-state index contributed by atoms with van der Waals surface area (Å²) in [7, 11) is 4.07. The van der Waals surface area contributed by atoms with Crippen molar-refractivity contribution in [1.29, 1.82) is 0 Å². The Kier molecular flexibility index (Phi) is 9.28. The average Bonchev–Trinajstić information content (AvgIpc) is 3.56. The summed E-state index contributed by atoms with van der Waals surface area (Å²) in [5, 5.41) is 3.32. The molecule has 0 radical (unpaired) electrons. The average molecular weight is 553 g/mol. The van der Waals surface area contributed by atoms with Crippen LogP contribution in [0.5, 0.6) is 0 Å². The standard InChI is InChI=1S/C35H44N4O2/c1-26(29-12-11-15-31(24-29)37(2)3)36-34(40)33-17-8-7-16-32(33)28-20-18-27(19-21-28)25-39(30-13-5-4-6-14-30)35(41)38-22-9-10-23-38/h4-6,11-15,18-21,24,26,32-33H,7-10,16-17,22-23,25H2,1-3H3,(H,36,40)/t26?,32-,33+/m1/s1. The van der Waals surface area contributed by atoms with Crippen LogP contribution in [0.15, 0.2) is 78.9 Å². The van der Waals surface area contributed by atoms with Crippen LogP contribution < -0.4 is 15.1 Å². The molecule has 0 bridgehead atoms. The molecule has 5 rings (SSSR count). The van der Waals surface area contributed by atoms with Gasteiger partial charge in [-0.2, -0.15) is 0 Å². The molecule has 41 heavy (non-hydrogen) atoms. The van der Waals surface area contributed by atoms with Gasteiger partial charge in [-0.15, -0.1) is 0 Å². The Balaban J connectivity index is 1.28. The fraction of sp³-hybridized carbons (Fsp3) is 0.429. The van der Waals surface area contributed by atoms with Crippen LogP contribution in [0.25, 0.3) is 0 Å². The Morgan fingerprint density at radius 2 is 1.54 bits per heavy atom. The number of amides is 3. The van der Waals surface area contributed by atoms with Gasteiger partial charge in [-0.1, -0.05) is 67.4 Å². The highest BCUT2D eigenvalue weighted by Gasteiger charge is 2.33. The first kappa shape index (κ1) is 28.7. The molecular formula is C35H44N4O2. The van der Waals surface area contributed by atoms with Gasteiger partial charge in [0, 0.05) is 44.5 Å². The normalized spacial score (nSPS) is 19.4. The maximum Gasteiger partial charge on any atom is 0.324 e. The van der Waals surface area contributed by atoms with Crippen LogP contribution in [0.2, 0.25) is 0 Å². The molecule has 1 aliphatic heterocycles. The number of nitrogens with one attached hydrogen (secondary N) is 1. The number of anilines is 2. The van der Waals surface area contributed by atoms with E-state index in [9.17, 15) is 9.59 Å². The lowest BCUT2D eigenvalue weighted by Crippen LogP contribution is -2.41. The summed E-state index contributed by atoms with van der Waals surface area (Å²) in [4.78, 5) is 33.0. The molecule has 0 spiro atoms. The monoisotopic (exact) mass is 552 g/mol. The number of urea groups is 1. The second kappa shape index (κ2) is 13.2. The van der Waals surface area contributed by atoms with E-state index < -0.39 is 0 Å². The largest absolute Gasteiger partial charge is 0.378 e. The minimum absolute atomic E-state index is 0.0355. The topological polar surface area (TPSA) is 55.9 Å². The molecule has 3 atom stereocenters. The summed E-state index contributed by atoms with van der Waals surface area (Å²) in [5.41, 5.74) is 5.48. The van der Waals surface area contributed by atoms with E-state index in [1.54, 1.807) is 0 Å². The zero-order chi connectivity index (χ0) is 28.8. The number of likely N-dealkylation sites (tertiary alicyclic amines) is 1. The first-order chi connectivity index (χ1) is 19.9. The lowest BCUT2D eigenvalue weighted by molar-refractivity contribution is -0.127. The Hall–Kier alpha value is -3.80. The number of carbonyl (C=O) groups is 2. The minimum atomic E-state index is -0.0514. The van der Waals surface area contributed by atoms with Crippen LogP contribution in [0.4, 0.5) is 16.2 Å². The van der Waals surface area contributed by atoms with Crippen molar-refractivity contribution < 1.29 is 9.59 Å². The van der Waals surface area contributed by atoms with Gasteiger partial charge in [0.15, 0.2) is 0 Å². The second-order valence-electron chi connectivity index (χ2n) is 11.9. The molecule has 1 saturated heterocycles. The number of para-hydroxylation sites is 1. The van der Waals surface area contributed by atoms with Crippen LogP contribution in [-0.4, -0.2) is 44.0 Å². The smallest absolute Gasteiger partial charge is 0.324 e. The summed E-state index contributed by atoms with van der Waals surface area (Å²) in [6, 6.07) is 27.0. The highest BCUT2D eigenvalue weighted by Crippen LogP contribution is 2.38. The number of carbonyl (C=O) groups excluding carboxylic acids is 2. The van der Waals surface area contributed by atoms with E-state index in [1.807, 2.05) is 54.2 Å². The van der Waals surface area contributed by atoms with Crippen molar-refractivity contribution in [3.8, 4) is 0 Å². The predicted octanol–water partition coefficient (Wildman–Crippen LogP) is 7.13. The van der Waals surface area contributed by atoms with E-state index in [2.05, 4.69) is 65.7 Å². The van der Waals surface area contributed by atoms with Crippen molar-refractivity contribution >= 4 is 23.3 Å². The van der Waals surface area contributed by atoms with Crippen LogP contribution in [0.1, 0.15) is 74.1 Å². The number of nitrogens with zero attached hydrogens (tertiary/aromatic N) is 3. The molecule has 3 amide bonds. The zero-order valence-electron chi connectivity index (χ0n) is 24.8. The number of hydrogen-bond acceptors (Lipinski definition) is 3. The minimum Gasteiger partial charge on any atom is -0.378 e. The van der Waals surface area contributed by atoms with Crippen molar-refractivity contribution in [2.24, 2.45) is 5.92 Å². The molecule has 216 valence electrons. The quantitative estimate of drug-likeness (QED) is 0.324. The van der Waals surface area contributed by atoms with Gasteiger partial charge >= 0.3 is 6.03 Å². The molecule has 1 heterocycles. The van der Waals surface area contributed by atoms with Crippen LogP contribution in [-0.2, 0) is 11.3 Å². The van der Waals surface area contributed by atoms with Crippen LogP contribution in [0, 0.1) is 5.92 Å². The third-order valence-electron chi connectivity index (χ3n) is 8.77. The molecule has 1 N–H and O–H groups in total. The van der Waals surface area contributed by atoms with Gasteiger partial charge in [0.2, 0.25) is 5.91 Å². The third kappa shape index (κ3) is 6.92. The van der Waals surface area contributed by atoms with Crippen molar-refractivity contribution in [2.45, 2.75) is 64.0 Å². The molecule has 2 fully saturated rings. The van der Waals surface area contributed by atoms with E-state index in [1.165, 1.54) is 5.56 Å². The molecule has 0 aromatic heterocycles. The Morgan fingerprint density at radius 1 is 0.854 bits per heavy atom. The van der Waals surface area contributed by atoms with Gasteiger partial charge in [0.25, 0.3) is 0 Å².